The van der Waals surface area contributed by atoms with Gasteiger partial charge in [-0.2, -0.15) is 13.2 Å². The van der Waals surface area contributed by atoms with Crippen LogP contribution in [0.4, 0.5) is 13.2 Å². The number of hydrogen-bond acceptors (Lipinski definition) is 3. The first-order valence-electron chi connectivity index (χ1n) is 7.67. The number of esters is 1. The van der Waals surface area contributed by atoms with Gasteiger partial charge in [0.1, 0.15) is 11.4 Å². The van der Waals surface area contributed by atoms with Crippen LogP contribution in [0.3, 0.4) is 0 Å². The third-order valence-electron chi connectivity index (χ3n) is 3.36. The topological polar surface area (TPSA) is 46.5 Å². The third kappa shape index (κ3) is 5.24. The molecule has 0 bridgehead atoms. The maximum absolute atomic E-state index is 12.9. The third-order valence-corrected chi connectivity index (χ3v) is 3.36. The maximum atomic E-state index is 12.9. The lowest BCUT2D eigenvalue weighted by Gasteiger charge is -2.19. The van der Waals surface area contributed by atoms with Crippen molar-refractivity contribution in [3.8, 4) is 16.9 Å². The molecule has 2 rings (SSSR count). The molecule has 2 aromatic carbocycles. The molecule has 0 amide bonds. The standard InChI is InChI=1S/C19H19F3O3/c1-18(2,3)25-17(24)10-12-4-6-13(7-5-12)14-8-9-16(23)15(11-14)19(20,21)22/h4-9,11,23H,10H2,1-3H3. The van der Waals surface area contributed by atoms with Crippen LogP contribution >= 0.6 is 0 Å². The van der Waals surface area contributed by atoms with E-state index < -0.39 is 23.1 Å². The normalized spacial score (nSPS) is 12.1. The number of rotatable bonds is 3. The highest BCUT2D eigenvalue weighted by molar-refractivity contribution is 5.74. The molecule has 0 aliphatic carbocycles. The Bertz CT molecular complexity index is 757. The fraction of sp³-hybridized carbons (Fsp3) is 0.316. The number of ether oxygens (including phenoxy) is 1. The van der Waals surface area contributed by atoms with E-state index in [1.807, 2.05) is 0 Å². The molecule has 0 aliphatic rings. The summed E-state index contributed by atoms with van der Waals surface area (Å²) in [5, 5.41) is 9.38. The zero-order chi connectivity index (χ0) is 18.8. The molecule has 0 spiro atoms. The van der Waals surface area contributed by atoms with Gasteiger partial charge in [0.2, 0.25) is 0 Å². The van der Waals surface area contributed by atoms with E-state index in [2.05, 4.69) is 0 Å². The highest BCUT2D eigenvalue weighted by Crippen LogP contribution is 2.38. The molecule has 2 aromatic rings. The highest BCUT2D eigenvalue weighted by Gasteiger charge is 2.34. The Kier molecular flexibility index (Phi) is 5.11. The molecule has 6 heteroatoms. The predicted molar refractivity (Wildman–Crippen MR) is 88.1 cm³/mol. The average molecular weight is 352 g/mol. The number of hydrogen-bond donors (Lipinski definition) is 1. The molecule has 0 saturated heterocycles. The van der Waals surface area contributed by atoms with Crippen LogP contribution in [0.15, 0.2) is 42.5 Å². The van der Waals surface area contributed by atoms with E-state index >= 15 is 0 Å². The van der Waals surface area contributed by atoms with Crippen LogP contribution < -0.4 is 0 Å². The average Bonchev–Trinajstić information content (AvgIpc) is 2.45. The summed E-state index contributed by atoms with van der Waals surface area (Å²) in [7, 11) is 0. The zero-order valence-corrected chi connectivity index (χ0v) is 14.1. The Hall–Kier alpha value is -2.50. The van der Waals surface area contributed by atoms with Crippen molar-refractivity contribution in [1.29, 1.82) is 0 Å². The molecule has 0 aromatic heterocycles. The van der Waals surface area contributed by atoms with Gasteiger partial charge < -0.3 is 9.84 Å². The van der Waals surface area contributed by atoms with Gasteiger partial charge in [-0.1, -0.05) is 30.3 Å². The Morgan fingerprint density at radius 3 is 2.08 bits per heavy atom. The Morgan fingerprint density at radius 2 is 1.56 bits per heavy atom. The minimum atomic E-state index is -4.63. The molecular weight excluding hydrogens is 333 g/mol. The van der Waals surface area contributed by atoms with E-state index in [1.54, 1.807) is 45.0 Å². The summed E-state index contributed by atoms with van der Waals surface area (Å²) >= 11 is 0. The lowest BCUT2D eigenvalue weighted by molar-refractivity contribution is -0.154. The van der Waals surface area contributed by atoms with Crippen LogP contribution in [0.1, 0.15) is 31.9 Å². The van der Waals surface area contributed by atoms with E-state index in [0.717, 1.165) is 12.1 Å². The summed E-state index contributed by atoms with van der Waals surface area (Å²) in [5.41, 5.74) is -0.0695. The van der Waals surface area contributed by atoms with Crippen LogP contribution in [0.25, 0.3) is 11.1 Å². The second kappa shape index (κ2) is 6.78. The van der Waals surface area contributed by atoms with Crippen LogP contribution in [0.2, 0.25) is 0 Å². The molecule has 0 saturated carbocycles. The zero-order valence-electron chi connectivity index (χ0n) is 14.1. The number of phenols is 1. The minimum absolute atomic E-state index is 0.0843. The largest absolute Gasteiger partial charge is 0.507 e. The first-order valence-corrected chi connectivity index (χ1v) is 7.67. The number of alkyl halides is 3. The fourth-order valence-corrected chi connectivity index (χ4v) is 2.30. The van der Waals surface area contributed by atoms with Crippen LogP contribution in [0.5, 0.6) is 5.75 Å². The summed E-state index contributed by atoms with van der Waals surface area (Å²) in [6.07, 6.45) is -4.54. The molecule has 0 radical (unpaired) electrons. The van der Waals surface area contributed by atoms with Gasteiger partial charge in [0.15, 0.2) is 0 Å². The molecule has 0 fully saturated rings. The maximum Gasteiger partial charge on any atom is 0.419 e. The Labute approximate surface area is 144 Å². The number of aromatic hydroxyl groups is 1. The van der Waals surface area contributed by atoms with Crippen LogP contribution in [-0.4, -0.2) is 16.7 Å². The van der Waals surface area contributed by atoms with Crippen molar-refractivity contribution in [3.05, 3.63) is 53.6 Å². The van der Waals surface area contributed by atoms with Gasteiger partial charge in [-0.3, -0.25) is 4.79 Å². The second-order valence-corrected chi connectivity index (χ2v) is 6.69. The first-order chi connectivity index (χ1) is 11.5. The molecule has 0 atom stereocenters. The highest BCUT2D eigenvalue weighted by atomic mass is 19.4. The van der Waals surface area contributed by atoms with Gasteiger partial charge in [-0.25, -0.2) is 0 Å². The predicted octanol–water partition coefficient (Wildman–Crippen LogP) is 4.96. The molecule has 134 valence electrons. The lowest BCUT2D eigenvalue weighted by Crippen LogP contribution is -2.24. The van der Waals surface area contributed by atoms with Crippen molar-refractivity contribution in [3.63, 3.8) is 0 Å². The van der Waals surface area contributed by atoms with Gasteiger partial charge in [-0.15, -0.1) is 0 Å². The molecule has 3 nitrogen and oxygen atoms in total. The summed E-state index contributed by atoms with van der Waals surface area (Å²) in [6, 6.07) is 9.93. The van der Waals surface area contributed by atoms with Gasteiger partial charge >= 0.3 is 12.1 Å². The SMILES string of the molecule is CC(C)(C)OC(=O)Cc1ccc(-c2ccc(O)c(C(F)(F)F)c2)cc1. The van der Waals surface area contributed by atoms with Crippen LogP contribution in [-0.2, 0) is 22.1 Å². The van der Waals surface area contributed by atoms with Crippen molar-refractivity contribution < 1.29 is 27.8 Å². The Morgan fingerprint density at radius 1 is 1.00 bits per heavy atom. The summed E-state index contributed by atoms with van der Waals surface area (Å²) in [6.45, 7) is 5.32. The number of benzene rings is 2. The number of carbonyl (C=O) groups excluding carboxylic acids is 1. The number of halogens is 3. The van der Waals surface area contributed by atoms with E-state index in [9.17, 15) is 23.1 Å². The molecule has 1 N–H and O–H groups in total. The monoisotopic (exact) mass is 352 g/mol. The minimum Gasteiger partial charge on any atom is -0.507 e. The van der Waals surface area contributed by atoms with Crippen molar-refractivity contribution in [2.75, 3.05) is 0 Å². The lowest BCUT2D eigenvalue weighted by atomic mass is 10.00. The summed E-state index contributed by atoms with van der Waals surface area (Å²) in [4.78, 5) is 11.8. The smallest absolute Gasteiger partial charge is 0.419 e. The molecule has 0 heterocycles. The van der Waals surface area contributed by atoms with E-state index in [0.29, 0.717) is 16.7 Å². The quantitative estimate of drug-likeness (QED) is 0.794. The molecule has 0 unspecified atom stereocenters. The van der Waals surface area contributed by atoms with E-state index in [1.165, 1.54) is 6.07 Å². The fourth-order valence-electron chi connectivity index (χ4n) is 2.30. The molecule has 0 aliphatic heterocycles. The van der Waals surface area contributed by atoms with Gasteiger partial charge in [0.25, 0.3) is 0 Å². The van der Waals surface area contributed by atoms with Gasteiger partial charge in [-0.05, 0) is 49.6 Å². The van der Waals surface area contributed by atoms with Crippen molar-refractivity contribution in [2.24, 2.45) is 0 Å². The number of phenolic OH excluding ortho intramolecular Hbond substituents is 1. The summed E-state index contributed by atoms with van der Waals surface area (Å²) in [5.74, 6) is -1.18. The molecule has 25 heavy (non-hydrogen) atoms. The number of carbonyl (C=O) groups is 1. The van der Waals surface area contributed by atoms with Crippen molar-refractivity contribution in [2.45, 2.75) is 39.0 Å². The molecular formula is C19H19F3O3. The van der Waals surface area contributed by atoms with Crippen LogP contribution in [0, 0.1) is 0 Å². The second-order valence-electron chi connectivity index (χ2n) is 6.69. The van der Waals surface area contributed by atoms with Gasteiger partial charge in [0.05, 0.1) is 12.0 Å². The van der Waals surface area contributed by atoms with Crippen molar-refractivity contribution >= 4 is 5.97 Å². The van der Waals surface area contributed by atoms with Gasteiger partial charge in [0, 0.05) is 0 Å². The van der Waals surface area contributed by atoms with E-state index in [-0.39, 0.29) is 12.4 Å². The van der Waals surface area contributed by atoms with Crippen molar-refractivity contribution in [1.82, 2.24) is 0 Å². The summed E-state index contributed by atoms with van der Waals surface area (Å²) < 4.78 is 43.9. The Balaban J connectivity index is 2.19. The first kappa shape index (κ1) is 18.8. The van der Waals surface area contributed by atoms with E-state index in [4.69, 9.17) is 4.74 Å².